The van der Waals surface area contributed by atoms with E-state index >= 15 is 0 Å². The number of ether oxygens (including phenoxy) is 2. The van der Waals surface area contributed by atoms with Crippen LogP contribution >= 0.6 is 0 Å². The van der Waals surface area contributed by atoms with E-state index < -0.39 is 0 Å². The molecule has 0 amide bonds. The molecular weight excluding hydrogens is 406 g/mol. The van der Waals surface area contributed by atoms with Gasteiger partial charge < -0.3 is 30.1 Å². The van der Waals surface area contributed by atoms with E-state index in [1.807, 2.05) is 31.2 Å². The lowest BCUT2D eigenvalue weighted by Crippen LogP contribution is -2.48. The second-order valence-electron chi connectivity index (χ2n) is 7.80. The van der Waals surface area contributed by atoms with Gasteiger partial charge in [-0.05, 0) is 56.5 Å². The van der Waals surface area contributed by atoms with Crippen molar-refractivity contribution in [3.63, 3.8) is 0 Å². The van der Waals surface area contributed by atoms with Gasteiger partial charge in [-0.15, -0.1) is 0 Å². The number of nitrogens with one attached hydrogen (secondary N) is 2. The number of hydrogen-bond donors (Lipinski definition) is 3. The molecule has 3 rings (SSSR count). The van der Waals surface area contributed by atoms with E-state index in [1.54, 1.807) is 7.11 Å². The smallest absolute Gasteiger partial charge is 0.191 e. The van der Waals surface area contributed by atoms with Gasteiger partial charge in [0.2, 0.25) is 0 Å². The van der Waals surface area contributed by atoms with Crippen molar-refractivity contribution in [3.8, 4) is 11.5 Å². The first kappa shape index (κ1) is 23.7. The van der Waals surface area contributed by atoms with Crippen molar-refractivity contribution in [2.75, 3.05) is 44.9 Å². The maximum absolute atomic E-state index is 8.96. The summed E-state index contributed by atoms with van der Waals surface area (Å²) < 4.78 is 10.9. The summed E-state index contributed by atoms with van der Waals surface area (Å²) in [5.74, 6) is 3.14. The molecule has 1 fully saturated rings. The fourth-order valence-corrected chi connectivity index (χ4v) is 3.73. The SMILES string of the molecule is CCNC(=NCc1ccc(OCCO)c(OC)c1)NC1CCN(c2cccc(C)n2)CC1. The molecule has 1 aliphatic rings. The second-order valence-corrected chi connectivity index (χ2v) is 7.80. The molecule has 1 aromatic heterocycles. The molecule has 8 nitrogen and oxygen atoms in total. The van der Waals surface area contributed by atoms with E-state index in [4.69, 9.17) is 19.6 Å². The van der Waals surface area contributed by atoms with Gasteiger partial charge in [-0.25, -0.2) is 9.98 Å². The summed E-state index contributed by atoms with van der Waals surface area (Å²) in [6.07, 6.45) is 2.06. The Morgan fingerprint density at radius 2 is 2.03 bits per heavy atom. The molecular formula is C24H35N5O3. The molecule has 1 saturated heterocycles. The highest BCUT2D eigenvalue weighted by atomic mass is 16.5. The molecule has 0 aliphatic carbocycles. The summed E-state index contributed by atoms with van der Waals surface area (Å²) in [6, 6.07) is 12.3. The first-order valence-corrected chi connectivity index (χ1v) is 11.3. The van der Waals surface area contributed by atoms with Crippen molar-refractivity contribution in [1.82, 2.24) is 15.6 Å². The van der Waals surface area contributed by atoms with Crippen molar-refractivity contribution in [1.29, 1.82) is 0 Å². The summed E-state index contributed by atoms with van der Waals surface area (Å²) in [6.45, 7) is 7.57. The molecule has 174 valence electrons. The molecule has 3 N–H and O–H groups in total. The standard InChI is InChI=1S/C24H35N5O3/c1-4-25-24(26-17-19-8-9-21(32-15-14-30)22(16-19)31-3)28-20-10-12-29(13-11-20)23-7-5-6-18(2)27-23/h5-9,16,20,30H,4,10-15,17H2,1-3H3,(H2,25,26,28). The third kappa shape index (κ3) is 6.75. The van der Waals surface area contributed by atoms with Crippen molar-refractivity contribution in [2.45, 2.75) is 39.3 Å². The molecule has 0 atom stereocenters. The number of piperidine rings is 1. The van der Waals surface area contributed by atoms with Crippen LogP contribution in [0.2, 0.25) is 0 Å². The predicted octanol–water partition coefficient (Wildman–Crippen LogP) is 2.49. The Morgan fingerprint density at radius 3 is 2.72 bits per heavy atom. The Morgan fingerprint density at radius 1 is 1.22 bits per heavy atom. The summed E-state index contributed by atoms with van der Waals surface area (Å²) in [5.41, 5.74) is 2.07. The summed E-state index contributed by atoms with van der Waals surface area (Å²) in [7, 11) is 1.61. The maximum Gasteiger partial charge on any atom is 0.191 e. The summed E-state index contributed by atoms with van der Waals surface area (Å²) >= 11 is 0. The van der Waals surface area contributed by atoms with E-state index in [1.165, 1.54) is 0 Å². The van der Waals surface area contributed by atoms with Gasteiger partial charge in [0.05, 0.1) is 20.3 Å². The Bertz CT molecular complexity index is 882. The first-order valence-electron chi connectivity index (χ1n) is 11.3. The molecule has 0 radical (unpaired) electrons. The zero-order valence-electron chi connectivity index (χ0n) is 19.3. The molecule has 32 heavy (non-hydrogen) atoms. The van der Waals surface area contributed by atoms with E-state index in [0.29, 0.717) is 24.1 Å². The van der Waals surface area contributed by atoms with Gasteiger partial charge in [0.1, 0.15) is 12.4 Å². The highest BCUT2D eigenvalue weighted by molar-refractivity contribution is 5.80. The second kappa shape index (κ2) is 12.1. The minimum atomic E-state index is -0.0344. The lowest BCUT2D eigenvalue weighted by molar-refractivity contribution is 0.196. The topological polar surface area (TPSA) is 91.2 Å². The Balaban J connectivity index is 1.57. The van der Waals surface area contributed by atoms with Gasteiger partial charge in [-0.3, -0.25) is 0 Å². The lowest BCUT2D eigenvalue weighted by atomic mass is 10.1. The number of hydrogen-bond acceptors (Lipinski definition) is 6. The quantitative estimate of drug-likeness (QED) is 0.407. The van der Waals surface area contributed by atoms with Crippen LogP contribution in [0.1, 0.15) is 31.0 Å². The van der Waals surface area contributed by atoms with Gasteiger partial charge in [0.15, 0.2) is 17.5 Å². The average Bonchev–Trinajstić information content (AvgIpc) is 2.82. The van der Waals surface area contributed by atoms with Gasteiger partial charge in [0.25, 0.3) is 0 Å². The monoisotopic (exact) mass is 441 g/mol. The van der Waals surface area contributed by atoms with Crippen LogP contribution in [-0.4, -0.2) is 62.0 Å². The lowest BCUT2D eigenvalue weighted by Gasteiger charge is -2.34. The zero-order chi connectivity index (χ0) is 22.8. The van der Waals surface area contributed by atoms with Crippen molar-refractivity contribution in [2.24, 2.45) is 4.99 Å². The highest BCUT2D eigenvalue weighted by Gasteiger charge is 2.21. The van der Waals surface area contributed by atoms with E-state index in [9.17, 15) is 0 Å². The molecule has 1 aromatic carbocycles. The number of aryl methyl sites for hydroxylation is 1. The molecule has 2 heterocycles. The Labute approximate surface area is 190 Å². The van der Waals surface area contributed by atoms with E-state index in [2.05, 4.69) is 39.6 Å². The third-order valence-corrected chi connectivity index (χ3v) is 5.37. The average molecular weight is 442 g/mol. The van der Waals surface area contributed by atoms with E-state index in [0.717, 1.165) is 55.5 Å². The van der Waals surface area contributed by atoms with Crippen LogP contribution in [0.15, 0.2) is 41.4 Å². The van der Waals surface area contributed by atoms with Crippen LogP contribution < -0.4 is 25.0 Å². The van der Waals surface area contributed by atoms with Crippen LogP contribution in [0, 0.1) is 6.92 Å². The van der Waals surface area contributed by atoms with Gasteiger partial charge >= 0.3 is 0 Å². The number of nitrogens with zero attached hydrogens (tertiary/aromatic N) is 3. The number of methoxy groups -OCH3 is 1. The molecule has 1 aliphatic heterocycles. The number of aliphatic hydroxyl groups excluding tert-OH is 1. The van der Waals surface area contributed by atoms with Crippen LogP contribution in [0.3, 0.4) is 0 Å². The molecule has 0 unspecified atom stereocenters. The molecule has 0 spiro atoms. The number of guanidine groups is 1. The first-order chi connectivity index (χ1) is 15.6. The predicted molar refractivity (Wildman–Crippen MR) is 128 cm³/mol. The normalized spacial score (nSPS) is 14.9. The zero-order valence-corrected chi connectivity index (χ0v) is 19.3. The number of pyridine rings is 1. The van der Waals surface area contributed by atoms with Crippen LogP contribution in [0.5, 0.6) is 11.5 Å². The minimum absolute atomic E-state index is 0.0344. The fraction of sp³-hybridized carbons (Fsp3) is 0.500. The molecule has 8 heteroatoms. The van der Waals surface area contributed by atoms with Gasteiger partial charge in [0, 0.05) is 31.4 Å². The van der Waals surface area contributed by atoms with Crippen molar-refractivity contribution < 1.29 is 14.6 Å². The fourth-order valence-electron chi connectivity index (χ4n) is 3.73. The highest BCUT2D eigenvalue weighted by Crippen LogP contribution is 2.28. The van der Waals surface area contributed by atoms with Crippen molar-refractivity contribution >= 4 is 11.8 Å². The maximum atomic E-state index is 8.96. The largest absolute Gasteiger partial charge is 0.493 e. The third-order valence-electron chi connectivity index (χ3n) is 5.37. The van der Waals surface area contributed by atoms with Crippen LogP contribution in [0.4, 0.5) is 5.82 Å². The van der Waals surface area contributed by atoms with Crippen LogP contribution in [-0.2, 0) is 6.54 Å². The number of rotatable bonds is 9. The van der Waals surface area contributed by atoms with Gasteiger partial charge in [-0.1, -0.05) is 12.1 Å². The molecule has 2 aromatic rings. The number of aliphatic imine (C=N–C) groups is 1. The Hall–Kier alpha value is -3.00. The summed E-state index contributed by atoms with van der Waals surface area (Å²) in [5, 5.41) is 15.9. The number of benzene rings is 1. The number of anilines is 1. The Kier molecular flexibility index (Phi) is 8.98. The van der Waals surface area contributed by atoms with Gasteiger partial charge in [-0.2, -0.15) is 0 Å². The summed E-state index contributed by atoms with van der Waals surface area (Å²) in [4.78, 5) is 11.8. The molecule has 0 bridgehead atoms. The van der Waals surface area contributed by atoms with Crippen LogP contribution in [0.25, 0.3) is 0 Å². The minimum Gasteiger partial charge on any atom is -0.493 e. The molecule has 0 saturated carbocycles. The number of aromatic nitrogens is 1. The number of aliphatic hydroxyl groups is 1. The van der Waals surface area contributed by atoms with Crippen molar-refractivity contribution in [3.05, 3.63) is 47.7 Å². The van der Waals surface area contributed by atoms with E-state index in [-0.39, 0.29) is 13.2 Å².